The van der Waals surface area contributed by atoms with Crippen LogP contribution < -0.4 is 5.32 Å². The van der Waals surface area contributed by atoms with E-state index in [9.17, 15) is 9.59 Å². The van der Waals surface area contributed by atoms with Gasteiger partial charge in [0.2, 0.25) is 0 Å². The molecule has 7 rings (SSSR count). The number of esters is 1. The SMILES string of the molecule is Cc1nc(Cn2cc(C(=O)c3c(F)ccc4c3C(=O)OC43CCNCC3)c3ccc(Cl)cc32)c(C2CC2)o1. The third-order valence-electron chi connectivity index (χ3n) is 7.97. The number of benzene rings is 2. The Hall–Kier alpha value is -3.49. The van der Waals surface area contributed by atoms with Crippen molar-refractivity contribution in [3.05, 3.63) is 87.0 Å². The molecule has 4 aromatic rings. The average Bonchev–Trinajstić information content (AvgIpc) is 3.52. The van der Waals surface area contributed by atoms with Gasteiger partial charge in [-0.25, -0.2) is 14.2 Å². The number of ketones is 1. The third kappa shape index (κ3) is 3.61. The van der Waals surface area contributed by atoms with Crippen molar-refractivity contribution in [2.75, 3.05) is 13.1 Å². The van der Waals surface area contributed by atoms with Gasteiger partial charge in [-0.3, -0.25) is 4.79 Å². The molecule has 0 unspecified atom stereocenters. The van der Waals surface area contributed by atoms with Crippen LogP contribution in [0, 0.1) is 12.7 Å². The molecule has 9 heteroatoms. The standard InChI is InChI=1S/C29H25ClFN3O4/c1-15-33-22(27(37-15)16-2-3-16)14-34-13-19(18-5-4-17(30)12-23(18)34)26(35)25-21(31)7-6-20-24(25)28(36)38-29(20)8-10-32-11-9-29/h4-7,12-13,16,32H,2-3,8-11,14H2,1H3. The molecule has 1 saturated carbocycles. The fourth-order valence-corrected chi connectivity index (χ4v) is 6.18. The Labute approximate surface area is 222 Å². The fraction of sp³-hybridized carbons (Fsp3) is 0.345. The topological polar surface area (TPSA) is 86.4 Å². The molecule has 0 radical (unpaired) electrons. The van der Waals surface area contributed by atoms with Crippen molar-refractivity contribution in [1.29, 1.82) is 0 Å². The molecule has 7 nitrogen and oxygen atoms in total. The number of piperidine rings is 1. The minimum absolute atomic E-state index is 0.0370. The highest BCUT2D eigenvalue weighted by Crippen LogP contribution is 2.45. The Morgan fingerprint density at radius 1 is 1.24 bits per heavy atom. The number of halogens is 2. The van der Waals surface area contributed by atoms with E-state index in [0.717, 1.165) is 24.3 Å². The lowest BCUT2D eigenvalue weighted by Gasteiger charge is -2.33. The van der Waals surface area contributed by atoms with Gasteiger partial charge in [0.05, 0.1) is 23.2 Å². The van der Waals surface area contributed by atoms with Crippen molar-refractivity contribution in [3.63, 3.8) is 0 Å². The normalized spacial score (nSPS) is 18.2. The zero-order valence-corrected chi connectivity index (χ0v) is 21.5. The van der Waals surface area contributed by atoms with Gasteiger partial charge in [-0.1, -0.05) is 23.7 Å². The van der Waals surface area contributed by atoms with Crippen molar-refractivity contribution < 1.29 is 23.1 Å². The molecule has 1 aliphatic carbocycles. The predicted octanol–water partition coefficient (Wildman–Crippen LogP) is 5.64. The molecular weight excluding hydrogens is 509 g/mol. The Morgan fingerprint density at radius 2 is 2.03 bits per heavy atom. The summed E-state index contributed by atoms with van der Waals surface area (Å²) in [6, 6.07) is 8.10. The monoisotopic (exact) mass is 533 g/mol. The summed E-state index contributed by atoms with van der Waals surface area (Å²) in [7, 11) is 0. The van der Waals surface area contributed by atoms with Crippen molar-refractivity contribution in [3.8, 4) is 0 Å². The van der Waals surface area contributed by atoms with Crippen LogP contribution in [0.25, 0.3) is 10.9 Å². The van der Waals surface area contributed by atoms with Crippen LogP contribution >= 0.6 is 11.6 Å². The maximum absolute atomic E-state index is 15.4. The molecule has 0 atom stereocenters. The summed E-state index contributed by atoms with van der Waals surface area (Å²) in [6.07, 6.45) is 4.97. The number of carbonyl (C=O) groups excluding carboxylic acids is 2. The van der Waals surface area contributed by atoms with Crippen molar-refractivity contribution in [2.45, 2.75) is 50.7 Å². The molecule has 4 heterocycles. The Balaban J connectivity index is 1.36. The van der Waals surface area contributed by atoms with Crippen LogP contribution in [-0.4, -0.2) is 34.4 Å². The van der Waals surface area contributed by atoms with Crippen LogP contribution in [-0.2, 0) is 16.9 Å². The molecule has 194 valence electrons. The first-order valence-electron chi connectivity index (χ1n) is 12.9. The third-order valence-corrected chi connectivity index (χ3v) is 8.20. The highest BCUT2D eigenvalue weighted by Gasteiger charge is 2.48. The number of fused-ring (bicyclic) bond motifs is 3. The number of carbonyl (C=O) groups is 2. The van der Waals surface area contributed by atoms with E-state index in [4.69, 9.17) is 20.8 Å². The molecule has 2 aromatic heterocycles. The van der Waals surface area contributed by atoms with Crippen molar-refractivity contribution in [1.82, 2.24) is 14.9 Å². The summed E-state index contributed by atoms with van der Waals surface area (Å²) in [6.45, 7) is 3.54. The Kier molecular flexibility index (Phi) is 5.29. The first kappa shape index (κ1) is 23.6. The van der Waals surface area contributed by atoms with Crippen LogP contribution in [0.5, 0.6) is 0 Å². The lowest BCUT2D eigenvalue weighted by Crippen LogP contribution is -2.40. The number of hydrogen-bond acceptors (Lipinski definition) is 6. The molecule has 3 aliphatic rings. The molecule has 2 aromatic carbocycles. The maximum Gasteiger partial charge on any atom is 0.340 e. The predicted molar refractivity (Wildman–Crippen MR) is 138 cm³/mol. The smallest absolute Gasteiger partial charge is 0.340 e. The number of ether oxygens (including phenoxy) is 1. The molecule has 1 N–H and O–H groups in total. The lowest BCUT2D eigenvalue weighted by molar-refractivity contribution is -0.0242. The van der Waals surface area contributed by atoms with E-state index >= 15 is 4.39 Å². The summed E-state index contributed by atoms with van der Waals surface area (Å²) >= 11 is 6.34. The summed E-state index contributed by atoms with van der Waals surface area (Å²) in [5.74, 6) is -0.112. The highest BCUT2D eigenvalue weighted by molar-refractivity contribution is 6.31. The van der Waals surface area contributed by atoms with Crippen LogP contribution in [0.4, 0.5) is 4.39 Å². The summed E-state index contributed by atoms with van der Waals surface area (Å²) in [5, 5.41) is 4.39. The Bertz CT molecular complexity index is 1650. The number of hydrogen-bond donors (Lipinski definition) is 1. The molecule has 2 fully saturated rings. The molecule has 2 aliphatic heterocycles. The number of rotatable bonds is 5. The largest absolute Gasteiger partial charge is 0.450 e. The zero-order valence-electron chi connectivity index (χ0n) is 20.8. The first-order chi connectivity index (χ1) is 18.3. The quantitative estimate of drug-likeness (QED) is 0.264. The molecule has 0 amide bonds. The number of nitrogens with zero attached hydrogens (tertiary/aromatic N) is 2. The minimum Gasteiger partial charge on any atom is -0.450 e. The second kappa shape index (κ2) is 8.51. The van der Waals surface area contributed by atoms with Crippen LogP contribution in [0.1, 0.15) is 80.8 Å². The van der Waals surface area contributed by atoms with Crippen LogP contribution in [0.15, 0.2) is 40.9 Å². The van der Waals surface area contributed by atoms with Gasteiger partial charge in [0.25, 0.3) is 0 Å². The molecule has 1 saturated heterocycles. The first-order valence-corrected chi connectivity index (χ1v) is 13.3. The van der Waals surface area contributed by atoms with Gasteiger partial charge >= 0.3 is 5.97 Å². The summed E-state index contributed by atoms with van der Waals surface area (Å²) in [5.41, 5.74) is 1.37. The van der Waals surface area contributed by atoms with Gasteiger partial charge in [-0.05, 0) is 44.1 Å². The second-order valence-corrected chi connectivity index (χ2v) is 10.9. The number of nitrogens with one attached hydrogen (secondary N) is 1. The van der Waals surface area contributed by atoms with Gasteiger partial charge < -0.3 is 19.0 Å². The minimum atomic E-state index is -0.827. The van der Waals surface area contributed by atoms with E-state index in [-0.39, 0.29) is 16.7 Å². The summed E-state index contributed by atoms with van der Waals surface area (Å²) < 4.78 is 29.0. The van der Waals surface area contributed by atoms with E-state index in [0.29, 0.717) is 65.8 Å². The van der Waals surface area contributed by atoms with Gasteiger partial charge in [0, 0.05) is 53.4 Å². The van der Waals surface area contributed by atoms with E-state index < -0.39 is 23.2 Å². The average molecular weight is 534 g/mol. The van der Waals surface area contributed by atoms with Gasteiger partial charge in [-0.2, -0.15) is 0 Å². The molecule has 1 spiro atoms. The zero-order chi connectivity index (χ0) is 26.2. The van der Waals surface area contributed by atoms with E-state index in [1.165, 1.54) is 6.07 Å². The van der Waals surface area contributed by atoms with Gasteiger partial charge in [0.1, 0.15) is 22.9 Å². The van der Waals surface area contributed by atoms with E-state index in [1.54, 1.807) is 30.5 Å². The molecule has 38 heavy (non-hydrogen) atoms. The van der Waals surface area contributed by atoms with Gasteiger partial charge in [0.15, 0.2) is 11.7 Å². The number of aryl methyl sites for hydroxylation is 1. The van der Waals surface area contributed by atoms with Crippen molar-refractivity contribution in [2.24, 2.45) is 0 Å². The van der Waals surface area contributed by atoms with Crippen molar-refractivity contribution >= 4 is 34.3 Å². The fourth-order valence-electron chi connectivity index (χ4n) is 6.01. The lowest BCUT2D eigenvalue weighted by atomic mass is 9.82. The van der Waals surface area contributed by atoms with E-state index in [1.807, 2.05) is 11.5 Å². The molecular formula is C29H25ClFN3O4. The van der Waals surface area contributed by atoms with Crippen LogP contribution in [0.3, 0.4) is 0 Å². The second-order valence-electron chi connectivity index (χ2n) is 10.5. The summed E-state index contributed by atoms with van der Waals surface area (Å²) in [4.78, 5) is 31.8. The maximum atomic E-state index is 15.4. The number of oxazole rings is 1. The van der Waals surface area contributed by atoms with Crippen LogP contribution in [0.2, 0.25) is 5.02 Å². The van der Waals surface area contributed by atoms with E-state index in [2.05, 4.69) is 10.3 Å². The highest BCUT2D eigenvalue weighted by atomic mass is 35.5. The Morgan fingerprint density at radius 3 is 2.79 bits per heavy atom. The van der Waals surface area contributed by atoms with Gasteiger partial charge in [-0.15, -0.1) is 0 Å². The number of aromatic nitrogens is 2. The molecule has 0 bridgehead atoms.